The highest BCUT2D eigenvalue weighted by atomic mass is 35.5. The third-order valence-corrected chi connectivity index (χ3v) is 5.28. The number of halogens is 7. The number of ether oxygens (including phenoxy) is 3. The predicted molar refractivity (Wildman–Crippen MR) is 108 cm³/mol. The Kier molecular flexibility index (Phi) is 7.46. The molecule has 18 heteroatoms. The van der Waals surface area contributed by atoms with E-state index in [9.17, 15) is 40.7 Å². The van der Waals surface area contributed by atoms with Gasteiger partial charge in [-0.25, -0.2) is 9.36 Å². The van der Waals surface area contributed by atoms with Crippen molar-refractivity contribution in [3.05, 3.63) is 15.6 Å². The summed E-state index contributed by atoms with van der Waals surface area (Å²) in [5.74, 6) is -2.77. The fourth-order valence-corrected chi connectivity index (χ4v) is 4.04. The highest BCUT2D eigenvalue weighted by Gasteiger charge is 2.54. The van der Waals surface area contributed by atoms with Gasteiger partial charge in [-0.3, -0.25) is 14.2 Å². The Morgan fingerprint density at radius 2 is 1.83 bits per heavy atom. The van der Waals surface area contributed by atoms with Gasteiger partial charge in [0.1, 0.15) is 17.7 Å². The Hall–Kier alpha value is -3.08. The lowest BCUT2D eigenvalue weighted by Crippen LogP contribution is -2.43. The minimum absolute atomic E-state index is 0.402. The zero-order valence-electron chi connectivity index (χ0n) is 18.4. The van der Waals surface area contributed by atoms with E-state index in [2.05, 4.69) is 14.7 Å². The molecular weight excluding hydrogens is 532 g/mol. The topological polar surface area (TPSA) is 141 Å². The number of hydrogen-bond acceptors (Lipinski definition) is 9. The summed E-state index contributed by atoms with van der Waals surface area (Å²) in [5, 5.41) is -0.512. The number of esters is 2. The Labute approximate surface area is 202 Å². The van der Waals surface area contributed by atoms with Gasteiger partial charge in [0.25, 0.3) is 0 Å². The molecule has 1 fully saturated rings. The number of aryl methyl sites for hydroxylation is 1. The minimum atomic E-state index is -5.12. The van der Waals surface area contributed by atoms with Crippen LogP contribution in [-0.4, -0.2) is 61.7 Å². The number of rotatable bonds is 6. The molecule has 3 heterocycles. The maximum Gasteiger partial charge on any atom is 0.428 e. The molecule has 36 heavy (non-hydrogen) atoms. The molecule has 2 aromatic heterocycles. The maximum atomic E-state index is 13.6. The molecular formula is C18H18ClF6N5O6. The molecule has 0 amide bonds. The van der Waals surface area contributed by atoms with Crippen LogP contribution < -0.4 is 11.4 Å². The van der Waals surface area contributed by atoms with Crippen molar-refractivity contribution in [2.24, 2.45) is 0 Å². The first-order valence-electron chi connectivity index (χ1n) is 10.1. The normalized spacial score (nSPS) is 21.5. The zero-order valence-corrected chi connectivity index (χ0v) is 19.1. The van der Waals surface area contributed by atoms with E-state index in [0.29, 0.717) is 9.13 Å². The Morgan fingerprint density at radius 1 is 1.19 bits per heavy atom. The van der Waals surface area contributed by atoms with Gasteiger partial charge in [0.05, 0.1) is 6.42 Å². The number of nitrogens with two attached hydrogens (primary N) is 1. The first-order valence-corrected chi connectivity index (χ1v) is 10.4. The predicted octanol–water partition coefficient (Wildman–Crippen LogP) is 2.49. The van der Waals surface area contributed by atoms with E-state index in [4.69, 9.17) is 26.8 Å². The molecule has 1 saturated heterocycles. The number of imidazole rings is 1. The zero-order chi connectivity index (χ0) is 27.2. The average Bonchev–Trinajstić information content (AvgIpc) is 3.20. The molecule has 3 rings (SSSR count). The van der Waals surface area contributed by atoms with Crippen LogP contribution in [0, 0.1) is 0 Å². The lowest BCUT2D eigenvalue weighted by atomic mass is 10.1. The van der Waals surface area contributed by atoms with Gasteiger partial charge >= 0.3 is 30.0 Å². The van der Waals surface area contributed by atoms with Gasteiger partial charge in [-0.1, -0.05) is 11.6 Å². The second-order valence-electron chi connectivity index (χ2n) is 7.73. The monoisotopic (exact) mass is 549 g/mol. The first-order chi connectivity index (χ1) is 16.5. The minimum Gasteiger partial charge on any atom is -0.458 e. The molecule has 11 nitrogen and oxygen atoms in total. The second kappa shape index (κ2) is 9.76. The second-order valence-corrected chi connectivity index (χ2v) is 8.09. The molecule has 200 valence electrons. The number of carbonyl (C=O) groups is 2. The number of aromatic nitrogens is 4. The SMILES string of the molecule is CC(=O)OC1CC([C@@H](OC(C)=O)C(F)(F)F)OC1n1c(=O)n(CCC(F)(F)F)c2c(Cl)nc(N)nc21. The number of fused-ring (bicyclic) bond motifs is 1. The maximum absolute atomic E-state index is 13.6. The Bertz CT molecular complexity index is 1230. The van der Waals surface area contributed by atoms with Crippen molar-refractivity contribution in [1.82, 2.24) is 19.1 Å². The third kappa shape index (κ3) is 5.83. The molecule has 0 radical (unpaired) electrons. The lowest BCUT2D eigenvalue weighted by Gasteiger charge is -2.25. The van der Waals surface area contributed by atoms with Crippen LogP contribution in [-0.2, 0) is 30.3 Å². The number of nitrogen functional groups attached to an aromatic ring is 1. The summed E-state index contributed by atoms with van der Waals surface area (Å²) in [6.45, 7) is 0.713. The van der Waals surface area contributed by atoms with Crippen LogP contribution in [0.2, 0.25) is 5.15 Å². The molecule has 0 aromatic carbocycles. The van der Waals surface area contributed by atoms with Crippen molar-refractivity contribution >= 4 is 40.7 Å². The fourth-order valence-electron chi connectivity index (χ4n) is 3.77. The summed E-state index contributed by atoms with van der Waals surface area (Å²) in [7, 11) is 0. The first kappa shape index (κ1) is 27.5. The van der Waals surface area contributed by atoms with Crippen LogP contribution in [0.3, 0.4) is 0 Å². The van der Waals surface area contributed by atoms with Crippen LogP contribution in [0.25, 0.3) is 11.2 Å². The van der Waals surface area contributed by atoms with E-state index >= 15 is 0 Å². The van der Waals surface area contributed by atoms with Crippen molar-refractivity contribution in [3.8, 4) is 0 Å². The standard InChI is InChI=1S/C18H18ClF6N5O6/c1-6(31)34-9-5-8(11(18(23,24)25)35-7(2)32)36-14(9)30-13-10(12(19)27-15(26)28-13)29(16(30)33)4-3-17(20,21)22/h8-9,11,14H,3-5H2,1-2H3,(H2,26,27,28)/t8?,9?,11-,14?/m1/s1. The Morgan fingerprint density at radius 3 is 2.36 bits per heavy atom. The van der Waals surface area contributed by atoms with E-state index in [1.54, 1.807) is 0 Å². The van der Waals surface area contributed by atoms with Gasteiger partial charge in [-0.2, -0.15) is 36.3 Å². The molecule has 3 unspecified atom stereocenters. The van der Waals surface area contributed by atoms with Crippen molar-refractivity contribution in [2.45, 2.75) is 70.1 Å². The largest absolute Gasteiger partial charge is 0.458 e. The fraction of sp³-hybridized carbons (Fsp3) is 0.611. The van der Waals surface area contributed by atoms with E-state index in [-0.39, 0.29) is 0 Å². The van der Waals surface area contributed by atoms with E-state index in [1.165, 1.54) is 0 Å². The number of alkyl halides is 6. The summed E-state index contributed by atoms with van der Waals surface area (Å²) in [6.07, 6.45) is -20.1. The van der Waals surface area contributed by atoms with E-state index in [0.717, 1.165) is 13.8 Å². The van der Waals surface area contributed by atoms with Gasteiger partial charge < -0.3 is 19.9 Å². The molecule has 0 bridgehead atoms. The van der Waals surface area contributed by atoms with Crippen LogP contribution >= 0.6 is 11.6 Å². The molecule has 1 aliphatic rings. The van der Waals surface area contributed by atoms with Gasteiger partial charge in [0.15, 0.2) is 17.0 Å². The van der Waals surface area contributed by atoms with E-state index in [1.807, 2.05) is 0 Å². The summed E-state index contributed by atoms with van der Waals surface area (Å²) >= 11 is 6.01. The highest BCUT2D eigenvalue weighted by molar-refractivity contribution is 6.33. The average molecular weight is 550 g/mol. The van der Waals surface area contributed by atoms with Gasteiger partial charge in [0.2, 0.25) is 12.1 Å². The highest BCUT2D eigenvalue weighted by Crippen LogP contribution is 2.39. The van der Waals surface area contributed by atoms with Crippen molar-refractivity contribution in [2.75, 3.05) is 5.73 Å². The van der Waals surface area contributed by atoms with Crippen LogP contribution in [0.15, 0.2) is 4.79 Å². The molecule has 0 aliphatic carbocycles. The molecule has 2 aromatic rings. The van der Waals surface area contributed by atoms with Crippen LogP contribution in [0.5, 0.6) is 0 Å². The summed E-state index contributed by atoms with van der Waals surface area (Å²) in [6, 6.07) is 0. The quantitative estimate of drug-likeness (QED) is 0.327. The smallest absolute Gasteiger partial charge is 0.428 e. The summed E-state index contributed by atoms with van der Waals surface area (Å²) in [5.41, 5.74) is 3.45. The van der Waals surface area contributed by atoms with Gasteiger partial charge in [-0.15, -0.1) is 0 Å². The van der Waals surface area contributed by atoms with E-state index < -0.39 is 96.2 Å². The number of nitrogens with zero attached hydrogens (tertiary/aromatic N) is 4. The van der Waals surface area contributed by atoms with Crippen LogP contribution in [0.4, 0.5) is 32.3 Å². The lowest BCUT2D eigenvalue weighted by molar-refractivity contribution is -0.248. The molecule has 0 spiro atoms. The molecule has 4 atom stereocenters. The van der Waals surface area contributed by atoms with Crippen molar-refractivity contribution in [3.63, 3.8) is 0 Å². The number of hydrogen-bond donors (Lipinski definition) is 1. The molecule has 0 saturated carbocycles. The summed E-state index contributed by atoms with van der Waals surface area (Å²) < 4.78 is 95.3. The molecule has 1 aliphatic heterocycles. The van der Waals surface area contributed by atoms with Crippen LogP contribution in [0.1, 0.15) is 32.9 Å². The Balaban J connectivity index is 2.17. The number of carbonyl (C=O) groups excluding carboxylic acids is 2. The molecule has 2 N–H and O–H groups in total. The van der Waals surface area contributed by atoms with Crippen molar-refractivity contribution in [1.29, 1.82) is 0 Å². The summed E-state index contributed by atoms with van der Waals surface area (Å²) in [4.78, 5) is 43.5. The van der Waals surface area contributed by atoms with Gasteiger partial charge in [-0.05, 0) is 0 Å². The number of anilines is 1. The van der Waals surface area contributed by atoms with Crippen molar-refractivity contribution < 1.29 is 50.1 Å². The third-order valence-electron chi connectivity index (χ3n) is 5.02. The van der Waals surface area contributed by atoms with Gasteiger partial charge in [0, 0.05) is 26.8 Å².